The molecule has 0 aliphatic rings. The molecule has 0 radical (unpaired) electrons. The van der Waals surface area contributed by atoms with E-state index in [0.717, 1.165) is 23.8 Å². The van der Waals surface area contributed by atoms with Gasteiger partial charge in [0.2, 0.25) is 5.91 Å². The zero-order valence-corrected chi connectivity index (χ0v) is 13.2. The average molecular weight is 278 g/mol. The Labute approximate surface area is 121 Å². The molecule has 0 saturated heterocycles. The van der Waals surface area contributed by atoms with Gasteiger partial charge in [-0.3, -0.25) is 4.79 Å². The van der Waals surface area contributed by atoms with Gasteiger partial charge in [-0.25, -0.2) is 9.97 Å². The highest BCUT2D eigenvalue weighted by Crippen LogP contribution is 2.19. The van der Waals surface area contributed by atoms with Crippen molar-refractivity contribution in [2.45, 2.75) is 52.9 Å². The molecule has 5 nitrogen and oxygen atoms in total. The van der Waals surface area contributed by atoms with Crippen molar-refractivity contribution in [2.24, 2.45) is 0 Å². The van der Waals surface area contributed by atoms with Gasteiger partial charge in [0.15, 0.2) is 0 Å². The van der Waals surface area contributed by atoms with Crippen LogP contribution in [0.3, 0.4) is 0 Å². The van der Waals surface area contributed by atoms with E-state index in [0.29, 0.717) is 12.5 Å². The third-order valence-corrected chi connectivity index (χ3v) is 2.87. The van der Waals surface area contributed by atoms with Crippen molar-refractivity contribution < 1.29 is 4.79 Å². The van der Waals surface area contributed by atoms with Crippen LogP contribution in [0.2, 0.25) is 0 Å². The highest BCUT2D eigenvalue weighted by molar-refractivity contribution is 5.80. The van der Waals surface area contributed by atoms with Crippen molar-refractivity contribution >= 4 is 11.7 Å². The highest BCUT2D eigenvalue weighted by Gasteiger charge is 2.11. The molecule has 0 fully saturated rings. The lowest BCUT2D eigenvalue weighted by Gasteiger charge is -2.13. The summed E-state index contributed by atoms with van der Waals surface area (Å²) in [5.74, 6) is 2.13. The molecule has 1 amide bonds. The zero-order valence-electron chi connectivity index (χ0n) is 13.2. The molecule has 0 aliphatic carbocycles. The van der Waals surface area contributed by atoms with Crippen LogP contribution in [0.25, 0.3) is 0 Å². The van der Waals surface area contributed by atoms with Crippen LogP contribution in [0.1, 0.15) is 64.4 Å². The van der Waals surface area contributed by atoms with E-state index in [4.69, 9.17) is 0 Å². The van der Waals surface area contributed by atoms with Crippen molar-refractivity contribution in [3.63, 3.8) is 0 Å². The second-order valence-corrected chi connectivity index (χ2v) is 5.55. The first-order valence-electron chi connectivity index (χ1n) is 7.33. The number of amides is 1. The minimum absolute atomic E-state index is 0.0114. The maximum absolute atomic E-state index is 11.6. The van der Waals surface area contributed by atoms with E-state index < -0.39 is 0 Å². The summed E-state index contributed by atoms with van der Waals surface area (Å²) in [6.07, 6.45) is 0.939. The van der Waals surface area contributed by atoms with Crippen molar-refractivity contribution in [3.05, 3.63) is 17.6 Å². The fourth-order valence-electron chi connectivity index (χ4n) is 1.63. The van der Waals surface area contributed by atoms with Crippen LogP contribution in [-0.2, 0) is 4.79 Å². The van der Waals surface area contributed by atoms with Gasteiger partial charge in [0, 0.05) is 24.2 Å². The summed E-state index contributed by atoms with van der Waals surface area (Å²) in [4.78, 5) is 20.6. The Hall–Kier alpha value is -1.65. The van der Waals surface area contributed by atoms with Crippen LogP contribution >= 0.6 is 0 Å². The molecule has 1 aromatic rings. The molecule has 1 heterocycles. The van der Waals surface area contributed by atoms with Gasteiger partial charge >= 0.3 is 0 Å². The molecule has 0 aliphatic heterocycles. The van der Waals surface area contributed by atoms with E-state index in [1.54, 1.807) is 0 Å². The molecule has 20 heavy (non-hydrogen) atoms. The number of hydrogen-bond acceptors (Lipinski definition) is 4. The number of anilines is 1. The fraction of sp³-hybridized carbons (Fsp3) is 0.667. The third kappa shape index (κ3) is 5.15. The fourth-order valence-corrected chi connectivity index (χ4v) is 1.63. The van der Waals surface area contributed by atoms with Crippen LogP contribution in [0.4, 0.5) is 5.82 Å². The summed E-state index contributed by atoms with van der Waals surface area (Å²) in [6.45, 7) is 11.3. The molecule has 0 atom stereocenters. The molecule has 5 heteroatoms. The number of hydrogen-bond donors (Lipinski definition) is 2. The van der Waals surface area contributed by atoms with Crippen molar-refractivity contribution in [3.8, 4) is 0 Å². The minimum atomic E-state index is -0.0114. The number of nitrogens with zero attached hydrogens (tertiary/aromatic N) is 2. The number of aromatic nitrogens is 2. The molecule has 0 spiro atoms. The van der Waals surface area contributed by atoms with Crippen molar-refractivity contribution in [2.75, 3.05) is 18.4 Å². The molecular weight excluding hydrogens is 252 g/mol. The summed E-state index contributed by atoms with van der Waals surface area (Å²) in [5, 5.41) is 5.91. The standard InChI is InChI=1S/C15H26N4O/c1-6-7-16-14(20)9-17-13-8-12(10(2)3)18-15(19-13)11(4)5/h8,10-11H,6-7,9H2,1-5H3,(H,16,20)(H,17,18,19). The van der Waals surface area contributed by atoms with Gasteiger partial charge in [-0.15, -0.1) is 0 Å². The Morgan fingerprint density at radius 1 is 1.20 bits per heavy atom. The molecule has 2 N–H and O–H groups in total. The number of carbonyl (C=O) groups is 1. The van der Waals surface area contributed by atoms with Crippen LogP contribution in [0, 0.1) is 0 Å². The largest absolute Gasteiger partial charge is 0.361 e. The molecule has 0 aromatic carbocycles. The lowest BCUT2D eigenvalue weighted by atomic mass is 10.1. The number of rotatable bonds is 7. The maximum Gasteiger partial charge on any atom is 0.239 e. The molecule has 0 saturated carbocycles. The smallest absolute Gasteiger partial charge is 0.239 e. The minimum Gasteiger partial charge on any atom is -0.361 e. The summed E-state index contributed by atoms with van der Waals surface area (Å²) in [6, 6.07) is 1.92. The first-order chi connectivity index (χ1) is 9.43. The van der Waals surface area contributed by atoms with Gasteiger partial charge in [0.1, 0.15) is 11.6 Å². The predicted molar refractivity (Wildman–Crippen MR) is 82.0 cm³/mol. The van der Waals surface area contributed by atoms with Crippen LogP contribution in [0.5, 0.6) is 0 Å². The first-order valence-corrected chi connectivity index (χ1v) is 7.33. The molecule has 1 rings (SSSR count). The van der Waals surface area contributed by atoms with Gasteiger partial charge in [-0.2, -0.15) is 0 Å². The topological polar surface area (TPSA) is 66.9 Å². The maximum atomic E-state index is 11.6. The van der Waals surface area contributed by atoms with Crippen LogP contribution in [0.15, 0.2) is 6.07 Å². The summed E-state index contributed by atoms with van der Waals surface area (Å²) >= 11 is 0. The lowest BCUT2D eigenvalue weighted by Crippen LogP contribution is -2.30. The normalized spacial score (nSPS) is 10.9. The van der Waals surface area contributed by atoms with Gasteiger partial charge in [0.05, 0.1) is 6.54 Å². The Balaban J connectivity index is 2.76. The predicted octanol–water partition coefficient (Wildman–Crippen LogP) is 2.66. The Bertz CT molecular complexity index is 417. The van der Waals surface area contributed by atoms with Gasteiger partial charge in [-0.05, 0) is 12.3 Å². The van der Waals surface area contributed by atoms with Gasteiger partial charge < -0.3 is 10.6 Å². The second-order valence-electron chi connectivity index (χ2n) is 5.55. The lowest BCUT2D eigenvalue weighted by molar-refractivity contribution is -0.119. The molecule has 1 aromatic heterocycles. The van der Waals surface area contributed by atoms with Crippen molar-refractivity contribution in [1.82, 2.24) is 15.3 Å². The molecule has 0 unspecified atom stereocenters. The van der Waals surface area contributed by atoms with Crippen LogP contribution in [-0.4, -0.2) is 29.0 Å². The Kier molecular flexibility index (Phi) is 6.42. The highest BCUT2D eigenvalue weighted by atomic mass is 16.1. The molecule has 112 valence electrons. The summed E-state index contributed by atoms with van der Waals surface area (Å²) in [7, 11) is 0. The van der Waals surface area contributed by atoms with E-state index >= 15 is 0 Å². The molecule has 0 bridgehead atoms. The summed E-state index contributed by atoms with van der Waals surface area (Å²) in [5.41, 5.74) is 1.00. The van der Waals surface area contributed by atoms with E-state index in [9.17, 15) is 4.79 Å². The first kappa shape index (κ1) is 16.4. The van der Waals surface area contributed by atoms with Crippen molar-refractivity contribution in [1.29, 1.82) is 0 Å². The Morgan fingerprint density at radius 2 is 1.90 bits per heavy atom. The van der Waals surface area contributed by atoms with E-state index in [1.807, 2.05) is 13.0 Å². The monoisotopic (exact) mass is 278 g/mol. The zero-order chi connectivity index (χ0) is 15.1. The third-order valence-electron chi connectivity index (χ3n) is 2.87. The summed E-state index contributed by atoms with van der Waals surface area (Å²) < 4.78 is 0. The van der Waals surface area contributed by atoms with E-state index in [1.165, 1.54) is 0 Å². The SMILES string of the molecule is CCCNC(=O)CNc1cc(C(C)C)nc(C(C)C)n1. The van der Waals surface area contributed by atoms with Gasteiger partial charge in [-0.1, -0.05) is 34.6 Å². The Morgan fingerprint density at radius 3 is 2.45 bits per heavy atom. The van der Waals surface area contributed by atoms with E-state index in [2.05, 4.69) is 48.3 Å². The van der Waals surface area contributed by atoms with Crippen LogP contribution < -0.4 is 10.6 Å². The number of carbonyl (C=O) groups excluding carboxylic acids is 1. The number of nitrogens with one attached hydrogen (secondary N) is 2. The van der Waals surface area contributed by atoms with E-state index in [-0.39, 0.29) is 18.4 Å². The second kappa shape index (κ2) is 7.82. The van der Waals surface area contributed by atoms with Gasteiger partial charge in [0.25, 0.3) is 0 Å². The molecular formula is C15H26N4O. The quantitative estimate of drug-likeness (QED) is 0.804. The average Bonchev–Trinajstić information content (AvgIpc) is 2.42.